The van der Waals surface area contributed by atoms with Gasteiger partial charge in [-0.2, -0.15) is 0 Å². The molecule has 0 fully saturated rings. The van der Waals surface area contributed by atoms with E-state index in [4.69, 9.17) is 11.6 Å². The zero-order valence-electron chi connectivity index (χ0n) is 12.0. The normalized spacial score (nSPS) is 13.8. The summed E-state index contributed by atoms with van der Waals surface area (Å²) in [6.07, 6.45) is 2.12. The van der Waals surface area contributed by atoms with Crippen LogP contribution >= 0.6 is 11.6 Å². The van der Waals surface area contributed by atoms with Crippen LogP contribution in [0.2, 0.25) is 5.02 Å². The van der Waals surface area contributed by atoms with E-state index in [2.05, 4.69) is 16.8 Å². The molecule has 0 aliphatic heterocycles. The first-order chi connectivity index (χ1) is 9.20. The Morgan fingerprint density at radius 1 is 1.40 bits per heavy atom. The SMILES string of the molecule is CC(NC(=[C-][N+](=O)[O-])Nc1ccccc1Cl)C(C)(C)C. The molecule has 0 saturated carbocycles. The van der Waals surface area contributed by atoms with E-state index in [-0.39, 0.29) is 17.3 Å². The number of nitrogens with zero attached hydrogens (tertiary/aromatic N) is 1. The Labute approximate surface area is 124 Å². The van der Waals surface area contributed by atoms with E-state index in [0.717, 1.165) is 0 Å². The molecule has 1 atom stereocenters. The Morgan fingerprint density at radius 2 is 2.00 bits per heavy atom. The van der Waals surface area contributed by atoms with Crippen LogP contribution in [0.25, 0.3) is 0 Å². The molecule has 110 valence electrons. The number of benzene rings is 1. The molecule has 0 aliphatic carbocycles. The fraction of sp³-hybridized carbons (Fsp3) is 0.429. The van der Waals surface area contributed by atoms with Gasteiger partial charge in [-0.25, -0.2) is 0 Å². The molecular formula is C14H19ClN3O2-. The summed E-state index contributed by atoms with van der Waals surface area (Å²) in [6, 6.07) is 7.05. The van der Waals surface area contributed by atoms with Crippen LogP contribution < -0.4 is 10.6 Å². The van der Waals surface area contributed by atoms with Gasteiger partial charge in [0.25, 0.3) is 0 Å². The van der Waals surface area contributed by atoms with Crippen molar-refractivity contribution >= 4 is 17.3 Å². The maximum Gasteiger partial charge on any atom is 0.0640 e. The zero-order chi connectivity index (χ0) is 15.3. The molecule has 1 unspecified atom stereocenters. The van der Waals surface area contributed by atoms with Gasteiger partial charge in [0.05, 0.1) is 10.7 Å². The van der Waals surface area contributed by atoms with Crippen molar-refractivity contribution < 1.29 is 4.92 Å². The Bertz CT molecular complexity index is 509. The lowest BCUT2D eigenvalue weighted by atomic mass is 9.88. The summed E-state index contributed by atoms with van der Waals surface area (Å²) in [5.41, 5.74) is 0.540. The van der Waals surface area contributed by atoms with E-state index >= 15 is 0 Å². The van der Waals surface area contributed by atoms with E-state index in [1.54, 1.807) is 24.3 Å². The highest BCUT2D eigenvalue weighted by Crippen LogP contribution is 2.23. The fourth-order valence-corrected chi connectivity index (χ4v) is 1.50. The number of anilines is 1. The van der Waals surface area contributed by atoms with Gasteiger partial charge < -0.3 is 10.6 Å². The van der Waals surface area contributed by atoms with Crippen LogP contribution in [0.1, 0.15) is 27.7 Å². The molecule has 1 aromatic rings. The molecule has 0 heterocycles. The van der Waals surface area contributed by atoms with E-state index in [1.165, 1.54) is 0 Å². The van der Waals surface area contributed by atoms with E-state index in [9.17, 15) is 10.1 Å². The highest BCUT2D eigenvalue weighted by Gasteiger charge is 2.19. The lowest BCUT2D eigenvalue weighted by Gasteiger charge is -2.32. The highest BCUT2D eigenvalue weighted by atomic mass is 35.5. The summed E-state index contributed by atoms with van der Waals surface area (Å²) in [7, 11) is 0. The van der Waals surface area contributed by atoms with Gasteiger partial charge >= 0.3 is 0 Å². The molecule has 6 heteroatoms. The minimum Gasteiger partial charge on any atom is -0.394 e. The van der Waals surface area contributed by atoms with Crippen molar-refractivity contribution in [2.75, 3.05) is 5.32 Å². The zero-order valence-corrected chi connectivity index (χ0v) is 12.8. The molecule has 0 radical (unpaired) electrons. The molecule has 5 nitrogen and oxygen atoms in total. The number of halogens is 1. The predicted octanol–water partition coefficient (Wildman–Crippen LogP) is 3.65. The molecule has 0 aromatic heterocycles. The van der Waals surface area contributed by atoms with Crippen LogP contribution in [0.3, 0.4) is 0 Å². The van der Waals surface area contributed by atoms with Crippen LogP contribution in [-0.2, 0) is 0 Å². The number of hydrogen-bond acceptors (Lipinski definition) is 4. The molecule has 1 rings (SSSR count). The first kappa shape index (κ1) is 16.3. The van der Waals surface area contributed by atoms with Gasteiger partial charge in [0.15, 0.2) is 0 Å². The molecule has 1 aromatic carbocycles. The number of rotatable bonds is 5. The standard InChI is InChI=1S/C14H19ClN3O2/c1-10(14(2,3)4)16-13(9-18(19)20)17-12-8-6-5-7-11(12)15/h5-8,10,16-17H,1-4H3/q-1. The number of hydrogen-bond donors (Lipinski definition) is 2. The second-order valence-electron chi connectivity index (χ2n) is 5.58. The third-order valence-corrected chi connectivity index (χ3v) is 3.33. The monoisotopic (exact) mass is 296 g/mol. The topological polar surface area (TPSA) is 67.2 Å². The summed E-state index contributed by atoms with van der Waals surface area (Å²) in [4.78, 5) is 10.1. The third-order valence-electron chi connectivity index (χ3n) is 3.00. The quantitative estimate of drug-likeness (QED) is 0.377. The van der Waals surface area contributed by atoms with E-state index in [1.807, 2.05) is 27.7 Å². The van der Waals surface area contributed by atoms with Gasteiger partial charge in [-0.05, 0) is 30.3 Å². The smallest absolute Gasteiger partial charge is 0.0640 e. The Kier molecular flexibility index (Phi) is 5.39. The Hall–Kier alpha value is -1.75. The first-order valence-corrected chi connectivity index (χ1v) is 6.64. The van der Waals surface area contributed by atoms with Gasteiger partial charge in [0, 0.05) is 6.04 Å². The predicted molar refractivity (Wildman–Crippen MR) is 80.9 cm³/mol. The second-order valence-corrected chi connectivity index (χ2v) is 5.99. The van der Waals surface area contributed by atoms with Gasteiger partial charge in [-0.15, -0.1) is 4.92 Å². The average Bonchev–Trinajstić information content (AvgIpc) is 2.30. The van der Waals surface area contributed by atoms with Crippen molar-refractivity contribution in [3.8, 4) is 0 Å². The van der Waals surface area contributed by atoms with Crippen molar-refractivity contribution in [2.45, 2.75) is 33.7 Å². The highest BCUT2D eigenvalue weighted by molar-refractivity contribution is 6.33. The molecule has 2 N–H and O–H groups in total. The summed E-state index contributed by atoms with van der Waals surface area (Å²) in [6.45, 7) is 8.09. The van der Waals surface area contributed by atoms with E-state index in [0.29, 0.717) is 10.7 Å². The molecule has 0 bridgehead atoms. The molecule has 0 amide bonds. The van der Waals surface area contributed by atoms with Gasteiger partial charge in [0.2, 0.25) is 0 Å². The number of para-hydroxylation sites is 1. The summed E-state index contributed by atoms with van der Waals surface area (Å²) < 4.78 is 0. The minimum atomic E-state index is -0.623. The molecule has 0 aliphatic rings. The van der Waals surface area contributed by atoms with Crippen molar-refractivity contribution in [1.29, 1.82) is 0 Å². The summed E-state index contributed by atoms with van der Waals surface area (Å²) >= 11 is 6.03. The Balaban J connectivity index is 2.92. The molecular weight excluding hydrogens is 278 g/mol. The fourth-order valence-electron chi connectivity index (χ4n) is 1.32. The average molecular weight is 297 g/mol. The van der Waals surface area contributed by atoms with Crippen LogP contribution in [0.5, 0.6) is 0 Å². The molecule has 0 spiro atoms. The van der Waals surface area contributed by atoms with Gasteiger partial charge in [-0.3, -0.25) is 10.1 Å². The van der Waals surface area contributed by atoms with Crippen LogP contribution in [0.4, 0.5) is 5.69 Å². The van der Waals surface area contributed by atoms with Crippen molar-refractivity contribution in [3.05, 3.63) is 51.4 Å². The van der Waals surface area contributed by atoms with Crippen molar-refractivity contribution in [3.63, 3.8) is 0 Å². The van der Waals surface area contributed by atoms with E-state index < -0.39 is 4.92 Å². The number of nitrogens with one attached hydrogen (secondary N) is 2. The van der Waals surface area contributed by atoms with Crippen molar-refractivity contribution in [1.82, 2.24) is 5.32 Å². The summed E-state index contributed by atoms with van der Waals surface area (Å²) in [5, 5.41) is 17.1. The van der Waals surface area contributed by atoms with Gasteiger partial charge in [0.1, 0.15) is 0 Å². The largest absolute Gasteiger partial charge is 0.394 e. The Morgan fingerprint density at radius 3 is 2.50 bits per heavy atom. The summed E-state index contributed by atoms with van der Waals surface area (Å²) in [5.74, 6) is 0.186. The second kappa shape index (κ2) is 6.61. The molecule has 0 saturated heterocycles. The number of nitro groups is 1. The van der Waals surface area contributed by atoms with Crippen LogP contribution in [0, 0.1) is 21.7 Å². The van der Waals surface area contributed by atoms with Crippen LogP contribution in [-0.4, -0.2) is 11.0 Å². The third kappa shape index (κ3) is 5.09. The van der Waals surface area contributed by atoms with Crippen LogP contribution in [0.15, 0.2) is 30.1 Å². The lowest BCUT2D eigenvalue weighted by molar-refractivity contribution is -0.421. The maximum absolute atomic E-state index is 10.7. The van der Waals surface area contributed by atoms with Gasteiger partial charge in [-0.1, -0.05) is 50.7 Å². The first-order valence-electron chi connectivity index (χ1n) is 6.26. The lowest BCUT2D eigenvalue weighted by Crippen LogP contribution is -2.39. The molecule has 20 heavy (non-hydrogen) atoms. The maximum atomic E-state index is 10.7. The van der Waals surface area contributed by atoms with Crippen molar-refractivity contribution in [2.24, 2.45) is 5.41 Å². The minimum absolute atomic E-state index is 0.0138.